The molecule has 0 aliphatic heterocycles. The van der Waals surface area contributed by atoms with E-state index < -0.39 is 0 Å². The number of ether oxygens (including phenoxy) is 1. The number of nitrogens with one attached hydrogen (secondary N) is 1. The molecule has 1 aliphatic carbocycles. The zero-order chi connectivity index (χ0) is 9.26. The van der Waals surface area contributed by atoms with Gasteiger partial charge in [-0.1, -0.05) is 0 Å². The van der Waals surface area contributed by atoms with E-state index >= 15 is 0 Å². The fourth-order valence-corrected chi connectivity index (χ4v) is 1.24. The summed E-state index contributed by atoms with van der Waals surface area (Å²) in [5, 5.41) is 0. The van der Waals surface area contributed by atoms with Gasteiger partial charge in [0.2, 0.25) is 0 Å². The highest BCUT2D eigenvalue weighted by molar-refractivity contribution is 5.49. The van der Waals surface area contributed by atoms with Crippen molar-refractivity contribution >= 4 is 5.69 Å². The van der Waals surface area contributed by atoms with Crippen molar-refractivity contribution in [1.29, 1.82) is 0 Å². The van der Waals surface area contributed by atoms with Crippen molar-refractivity contribution in [2.45, 2.75) is 25.4 Å². The van der Waals surface area contributed by atoms with Crippen LogP contribution in [0.2, 0.25) is 0 Å². The van der Waals surface area contributed by atoms with Crippen molar-refractivity contribution in [3.8, 4) is 5.75 Å². The number of nitrogen functional groups attached to an aromatic ring is 1. The fourth-order valence-electron chi connectivity index (χ4n) is 1.24. The van der Waals surface area contributed by atoms with Crippen molar-refractivity contribution in [1.82, 2.24) is 4.98 Å². The molecule has 0 aromatic carbocycles. The normalized spacial score (nSPS) is 16.6. The van der Waals surface area contributed by atoms with Crippen LogP contribution in [-0.4, -0.2) is 11.1 Å². The lowest BCUT2D eigenvalue weighted by Crippen LogP contribution is -2.26. The molecule has 0 saturated heterocycles. The predicted molar refractivity (Wildman–Crippen MR) is 49.7 cm³/mol. The number of aromatic amines is 1. The number of nitrogens with two attached hydrogens (primary N) is 1. The molecule has 1 saturated carbocycles. The maximum atomic E-state index is 11.1. The summed E-state index contributed by atoms with van der Waals surface area (Å²) in [7, 11) is 0. The van der Waals surface area contributed by atoms with Gasteiger partial charge in [0, 0.05) is 6.20 Å². The minimum atomic E-state index is -0.281. The van der Waals surface area contributed by atoms with Crippen LogP contribution in [0.15, 0.2) is 17.1 Å². The lowest BCUT2D eigenvalue weighted by molar-refractivity contribution is 0.121. The lowest BCUT2D eigenvalue weighted by Gasteiger charge is -2.26. The molecule has 1 aromatic heterocycles. The van der Waals surface area contributed by atoms with Gasteiger partial charge in [-0.2, -0.15) is 0 Å². The number of pyridine rings is 1. The van der Waals surface area contributed by atoms with E-state index in [0.29, 0.717) is 5.75 Å². The highest BCUT2D eigenvalue weighted by atomic mass is 16.5. The van der Waals surface area contributed by atoms with E-state index in [1.165, 1.54) is 6.42 Å². The van der Waals surface area contributed by atoms with Gasteiger partial charge in [-0.05, 0) is 25.3 Å². The number of hydrogen-bond donors (Lipinski definition) is 2. The lowest BCUT2D eigenvalue weighted by atomic mass is 9.96. The van der Waals surface area contributed by atoms with Crippen molar-refractivity contribution in [2.24, 2.45) is 0 Å². The van der Waals surface area contributed by atoms with Crippen LogP contribution in [0.5, 0.6) is 5.75 Å². The Morgan fingerprint density at radius 2 is 2.31 bits per heavy atom. The molecule has 0 atom stereocenters. The maximum absolute atomic E-state index is 11.1. The van der Waals surface area contributed by atoms with Crippen LogP contribution < -0.4 is 16.0 Å². The summed E-state index contributed by atoms with van der Waals surface area (Å²) in [5.41, 5.74) is 5.44. The smallest absolute Gasteiger partial charge is 0.274 e. The van der Waals surface area contributed by atoms with Crippen molar-refractivity contribution < 1.29 is 4.74 Å². The quantitative estimate of drug-likeness (QED) is 0.710. The molecular weight excluding hydrogens is 168 g/mol. The monoisotopic (exact) mass is 180 g/mol. The van der Waals surface area contributed by atoms with E-state index in [1.807, 2.05) is 0 Å². The first kappa shape index (κ1) is 8.16. The number of hydrogen-bond acceptors (Lipinski definition) is 3. The molecule has 13 heavy (non-hydrogen) atoms. The summed E-state index contributed by atoms with van der Waals surface area (Å²) < 4.78 is 5.52. The van der Waals surface area contributed by atoms with Gasteiger partial charge < -0.3 is 15.5 Å². The molecule has 0 unspecified atom stereocenters. The van der Waals surface area contributed by atoms with Gasteiger partial charge in [-0.3, -0.25) is 4.79 Å². The van der Waals surface area contributed by atoms with Crippen LogP contribution in [0.4, 0.5) is 5.69 Å². The molecule has 70 valence electrons. The summed E-state index contributed by atoms with van der Waals surface area (Å²) in [6.45, 7) is 0. The Hall–Kier alpha value is -1.45. The zero-order valence-corrected chi connectivity index (χ0v) is 7.25. The first-order valence-electron chi connectivity index (χ1n) is 4.41. The van der Waals surface area contributed by atoms with Gasteiger partial charge >= 0.3 is 0 Å². The molecule has 0 spiro atoms. The topological polar surface area (TPSA) is 68.1 Å². The van der Waals surface area contributed by atoms with Crippen molar-refractivity contribution in [3.63, 3.8) is 0 Å². The van der Waals surface area contributed by atoms with Crippen LogP contribution in [0.3, 0.4) is 0 Å². The minimum Gasteiger partial charge on any atom is -0.488 e. The van der Waals surface area contributed by atoms with Crippen LogP contribution >= 0.6 is 0 Å². The number of aromatic nitrogens is 1. The average Bonchev–Trinajstić information content (AvgIpc) is 2.04. The summed E-state index contributed by atoms with van der Waals surface area (Å²) in [6, 6.07) is 1.69. The molecule has 1 fully saturated rings. The first-order chi connectivity index (χ1) is 6.27. The van der Waals surface area contributed by atoms with Crippen LogP contribution in [0, 0.1) is 0 Å². The second-order valence-corrected chi connectivity index (χ2v) is 3.26. The zero-order valence-electron chi connectivity index (χ0n) is 7.25. The standard InChI is InChI=1S/C9H12N2O2/c10-8-7(4-5-11-9(8)12)13-6-2-1-3-6/h4-6H,1-3,10H2,(H,11,12). The van der Waals surface area contributed by atoms with E-state index in [-0.39, 0.29) is 17.4 Å². The Bertz CT molecular complexity index is 355. The van der Waals surface area contributed by atoms with E-state index in [4.69, 9.17) is 10.5 Å². The molecule has 4 heteroatoms. The van der Waals surface area contributed by atoms with E-state index in [2.05, 4.69) is 4.98 Å². The van der Waals surface area contributed by atoms with E-state index in [0.717, 1.165) is 12.8 Å². The second-order valence-electron chi connectivity index (χ2n) is 3.26. The Kier molecular flexibility index (Phi) is 1.96. The van der Waals surface area contributed by atoms with Crippen LogP contribution in [-0.2, 0) is 0 Å². The molecule has 1 aromatic rings. The Labute approximate surface area is 75.7 Å². The summed E-state index contributed by atoms with van der Waals surface area (Å²) in [5.74, 6) is 0.508. The van der Waals surface area contributed by atoms with Gasteiger partial charge in [0.15, 0.2) is 0 Å². The van der Waals surface area contributed by atoms with Crippen molar-refractivity contribution in [3.05, 3.63) is 22.6 Å². The maximum Gasteiger partial charge on any atom is 0.274 e. The summed E-state index contributed by atoms with van der Waals surface area (Å²) >= 11 is 0. The van der Waals surface area contributed by atoms with Gasteiger partial charge in [0.25, 0.3) is 5.56 Å². The SMILES string of the molecule is Nc1c(OC2CCC2)cc[nH]c1=O. The molecule has 0 bridgehead atoms. The molecule has 3 N–H and O–H groups in total. The largest absolute Gasteiger partial charge is 0.488 e. The minimum absolute atomic E-state index is 0.175. The number of H-pyrrole nitrogens is 1. The van der Waals surface area contributed by atoms with Gasteiger partial charge in [0.05, 0.1) is 6.10 Å². The highest BCUT2D eigenvalue weighted by Crippen LogP contribution is 2.26. The fraction of sp³-hybridized carbons (Fsp3) is 0.444. The van der Waals surface area contributed by atoms with Crippen LogP contribution in [0.1, 0.15) is 19.3 Å². The third kappa shape index (κ3) is 1.52. The first-order valence-corrected chi connectivity index (χ1v) is 4.41. The van der Waals surface area contributed by atoms with Gasteiger partial charge in [-0.15, -0.1) is 0 Å². The second kappa shape index (κ2) is 3.12. The molecular formula is C9H12N2O2. The van der Waals surface area contributed by atoms with Crippen LogP contribution in [0.25, 0.3) is 0 Å². The van der Waals surface area contributed by atoms with Crippen molar-refractivity contribution in [2.75, 3.05) is 5.73 Å². The summed E-state index contributed by atoms with van der Waals surface area (Å²) in [4.78, 5) is 13.6. The van der Waals surface area contributed by atoms with E-state index in [1.54, 1.807) is 12.3 Å². The summed E-state index contributed by atoms with van der Waals surface area (Å²) in [6.07, 6.45) is 5.13. The number of anilines is 1. The Morgan fingerprint density at radius 3 is 2.92 bits per heavy atom. The molecule has 1 aliphatic rings. The third-order valence-electron chi connectivity index (χ3n) is 2.31. The highest BCUT2D eigenvalue weighted by Gasteiger charge is 2.20. The average molecular weight is 180 g/mol. The molecule has 2 rings (SSSR count). The third-order valence-corrected chi connectivity index (χ3v) is 2.31. The Balaban J connectivity index is 2.19. The van der Waals surface area contributed by atoms with E-state index in [9.17, 15) is 4.79 Å². The molecule has 1 heterocycles. The molecule has 4 nitrogen and oxygen atoms in total. The predicted octanol–water partition coefficient (Wildman–Crippen LogP) is 0.888. The molecule has 0 amide bonds. The molecule has 0 radical (unpaired) electrons. The Morgan fingerprint density at radius 1 is 1.54 bits per heavy atom. The van der Waals surface area contributed by atoms with Gasteiger partial charge in [-0.25, -0.2) is 0 Å². The van der Waals surface area contributed by atoms with Gasteiger partial charge in [0.1, 0.15) is 11.4 Å². The number of rotatable bonds is 2.